The van der Waals surface area contributed by atoms with Gasteiger partial charge in [-0.2, -0.15) is 0 Å². The zero-order valence-electron chi connectivity index (χ0n) is 21.8. The van der Waals surface area contributed by atoms with Gasteiger partial charge < -0.3 is 29.5 Å². The normalized spacial score (nSPS) is 10.9. The minimum Gasteiger partial charge on any atom is -0.508 e. The maximum Gasteiger partial charge on any atom is 0.193 e. The van der Waals surface area contributed by atoms with Gasteiger partial charge in [0.15, 0.2) is 5.78 Å². The Labute approximate surface area is 227 Å². The lowest BCUT2D eigenvalue weighted by molar-refractivity contribution is 0.0804. The Balaban J connectivity index is 1.47. The second kappa shape index (κ2) is 13.7. The van der Waals surface area contributed by atoms with Crippen LogP contribution in [0.15, 0.2) is 84.9 Å². The minimum absolute atomic E-state index is 0.0421. The molecule has 0 fully saturated rings. The van der Waals surface area contributed by atoms with E-state index in [1.165, 1.54) is 0 Å². The largest absolute Gasteiger partial charge is 0.508 e. The molecule has 0 aliphatic rings. The van der Waals surface area contributed by atoms with Gasteiger partial charge in [0.1, 0.15) is 11.5 Å². The van der Waals surface area contributed by atoms with E-state index >= 15 is 0 Å². The predicted octanol–water partition coefficient (Wildman–Crippen LogP) is 4.98. The molecule has 39 heavy (non-hydrogen) atoms. The highest BCUT2D eigenvalue weighted by molar-refractivity contribution is 6.09. The maximum absolute atomic E-state index is 13.1. The van der Waals surface area contributed by atoms with Crippen LogP contribution in [0.25, 0.3) is 22.3 Å². The van der Waals surface area contributed by atoms with E-state index in [9.17, 15) is 9.90 Å². The molecule has 0 aromatic heterocycles. The number of aromatic hydroxyl groups is 1. The van der Waals surface area contributed by atoms with Crippen LogP contribution in [-0.4, -0.2) is 54.6 Å². The lowest BCUT2D eigenvalue weighted by atomic mass is 9.96. The number of methoxy groups -OCH3 is 1. The van der Waals surface area contributed by atoms with Crippen molar-refractivity contribution in [2.24, 2.45) is 0 Å². The number of hydrogen-bond acceptors (Lipinski definition) is 7. The summed E-state index contributed by atoms with van der Waals surface area (Å²) in [5.41, 5.74) is 6.38. The summed E-state index contributed by atoms with van der Waals surface area (Å²) in [6.07, 6.45) is 0. The van der Waals surface area contributed by atoms with Crippen LogP contribution in [0.3, 0.4) is 0 Å². The Bertz CT molecular complexity index is 1380. The van der Waals surface area contributed by atoms with Crippen molar-refractivity contribution in [3.8, 4) is 33.8 Å². The van der Waals surface area contributed by atoms with E-state index in [-0.39, 0.29) is 44.6 Å². The molecule has 3 N–H and O–H groups in total. The molecule has 4 aromatic carbocycles. The molecule has 0 radical (unpaired) electrons. The van der Waals surface area contributed by atoms with Gasteiger partial charge in [-0.05, 0) is 46.5 Å². The molecule has 0 aliphatic heterocycles. The molecule has 0 amide bonds. The number of hydrogen-bond donors (Lipinski definition) is 3. The van der Waals surface area contributed by atoms with Crippen molar-refractivity contribution in [1.29, 1.82) is 0 Å². The van der Waals surface area contributed by atoms with Crippen molar-refractivity contribution < 1.29 is 34.3 Å². The van der Waals surface area contributed by atoms with Crippen molar-refractivity contribution in [3.63, 3.8) is 0 Å². The highest BCUT2D eigenvalue weighted by atomic mass is 16.5. The number of aliphatic hydroxyl groups is 2. The summed E-state index contributed by atoms with van der Waals surface area (Å²) in [4.78, 5) is 13.1. The average Bonchev–Trinajstić information content (AvgIpc) is 2.98. The number of phenols is 1. The van der Waals surface area contributed by atoms with Gasteiger partial charge >= 0.3 is 0 Å². The van der Waals surface area contributed by atoms with Crippen LogP contribution in [0.4, 0.5) is 0 Å². The lowest BCUT2D eigenvalue weighted by Crippen LogP contribution is -2.02. The van der Waals surface area contributed by atoms with Gasteiger partial charge in [-0.15, -0.1) is 0 Å². The van der Waals surface area contributed by atoms with Gasteiger partial charge in [0.05, 0.1) is 46.8 Å². The van der Waals surface area contributed by atoms with Crippen LogP contribution in [-0.2, 0) is 22.7 Å². The number of rotatable bonds is 13. The predicted molar refractivity (Wildman–Crippen MR) is 149 cm³/mol. The molecule has 0 saturated carbocycles. The molecule has 0 saturated heterocycles. The SMILES string of the molecule is COc1ccc(-c2ccc(C(=O)c3ccc(-c4ccc(O)c(COCCO)c4)cc3)cc2)cc1COCCO. The smallest absolute Gasteiger partial charge is 0.193 e. The fourth-order valence-corrected chi connectivity index (χ4v) is 4.24. The molecule has 0 heterocycles. The standard InChI is InChI=1S/C32H32O7/c1-37-31-13-11-27(19-29(31)21-39-17-15-34)23-4-8-25(9-5-23)32(36)24-6-2-22(3-7-24)26-10-12-30(35)28(18-26)20-38-16-14-33/h2-13,18-19,33-35H,14-17,20-21H2,1H3. The number of carbonyl (C=O) groups is 1. The first-order chi connectivity index (χ1) is 19.0. The van der Waals surface area contributed by atoms with Crippen LogP contribution in [0.2, 0.25) is 0 Å². The summed E-state index contributed by atoms with van der Waals surface area (Å²) >= 11 is 0. The molecule has 0 aliphatic carbocycles. The van der Waals surface area contributed by atoms with Crippen molar-refractivity contribution in [1.82, 2.24) is 0 Å². The molecule has 0 bridgehead atoms. The highest BCUT2D eigenvalue weighted by Crippen LogP contribution is 2.29. The van der Waals surface area contributed by atoms with Crippen LogP contribution >= 0.6 is 0 Å². The molecular weight excluding hydrogens is 496 g/mol. The maximum atomic E-state index is 13.1. The van der Waals surface area contributed by atoms with E-state index in [1.807, 2.05) is 66.7 Å². The molecule has 4 aromatic rings. The zero-order valence-corrected chi connectivity index (χ0v) is 21.8. The first-order valence-electron chi connectivity index (χ1n) is 12.7. The third-order valence-corrected chi connectivity index (χ3v) is 6.31. The van der Waals surface area contributed by atoms with Gasteiger partial charge in [0.25, 0.3) is 0 Å². The summed E-state index contributed by atoms with van der Waals surface area (Å²) < 4.78 is 16.2. The van der Waals surface area contributed by atoms with Crippen molar-refractivity contribution >= 4 is 5.78 Å². The number of phenolic OH excluding ortho intramolecular Hbond substituents is 1. The van der Waals surface area contributed by atoms with E-state index in [2.05, 4.69) is 0 Å². The van der Waals surface area contributed by atoms with E-state index in [0.717, 1.165) is 27.8 Å². The number of benzene rings is 4. The summed E-state index contributed by atoms with van der Waals surface area (Å²) in [5, 5.41) is 28.0. The zero-order chi connectivity index (χ0) is 27.6. The first kappa shape index (κ1) is 28.0. The Morgan fingerprint density at radius 1 is 0.641 bits per heavy atom. The quantitative estimate of drug-likeness (QED) is 0.166. The minimum atomic E-state index is -0.0807. The van der Waals surface area contributed by atoms with Crippen LogP contribution in [0.1, 0.15) is 27.0 Å². The molecule has 4 rings (SSSR count). The number of ketones is 1. The van der Waals surface area contributed by atoms with E-state index in [0.29, 0.717) is 29.0 Å². The van der Waals surface area contributed by atoms with Gasteiger partial charge in [-0.25, -0.2) is 0 Å². The Hall–Kier alpha value is -4.01. The molecular formula is C32H32O7. The number of aliphatic hydroxyl groups excluding tert-OH is 2. The van der Waals surface area contributed by atoms with E-state index in [4.69, 9.17) is 24.4 Å². The molecule has 0 unspecified atom stereocenters. The fourth-order valence-electron chi connectivity index (χ4n) is 4.24. The monoisotopic (exact) mass is 528 g/mol. The molecule has 0 atom stereocenters. The first-order valence-corrected chi connectivity index (χ1v) is 12.7. The van der Waals surface area contributed by atoms with Gasteiger partial charge in [-0.1, -0.05) is 60.7 Å². The summed E-state index contributed by atoms with van der Waals surface area (Å²) in [6, 6.07) is 25.9. The average molecular weight is 529 g/mol. The van der Waals surface area contributed by atoms with Gasteiger partial charge in [0.2, 0.25) is 0 Å². The molecule has 7 heteroatoms. The molecule has 7 nitrogen and oxygen atoms in total. The molecule has 0 spiro atoms. The summed E-state index contributed by atoms with van der Waals surface area (Å²) in [6.45, 7) is 0.849. The lowest BCUT2D eigenvalue weighted by Gasteiger charge is -2.12. The third kappa shape index (κ3) is 7.10. The third-order valence-electron chi connectivity index (χ3n) is 6.31. The Kier molecular flexibility index (Phi) is 9.83. The molecule has 202 valence electrons. The van der Waals surface area contributed by atoms with Crippen molar-refractivity contribution in [2.45, 2.75) is 13.2 Å². The number of carbonyl (C=O) groups excluding carboxylic acids is 1. The van der Waals surface area contributed by atoms with Crippen molar-refractivity contribution in [2.75, 3.05) is 33.5 Å². The van der Waals surface area contributed by atoms with E-state index < -0.39 is 0 Å². The Morgan fingerprint density at radius 3 is 1.62 bits per heavy atom. The van der Waals surface area contributed by atoms with Crippen LogP contribution in [0.5, 0.6) is 11.5 Å². The second-order valence-electron chi connectivity index (χ2n) is 8.91. The van der Waals surface area contributed by atoms with Crippen LogP contribution < -0.4 is 4.74 Å². The summed E-state index contributed by atoms with van der Waals surface area (Å²) in [5.74, 6) is 0.767. The fraction of sp³-hybridized carbons (Fsp3) is 0.219. The van der Waals surface area contributed by atoms with E-state index in [1.54, 1.807) is 25.3 Å². The van der Waals surface area contributed by atoms with Gasteiger partial charge in [0, 0.05) is 22.3 Å². The topological polar surface area (TPSA) is 105 Å². The highest BCUT2D eigenvalue weighted by Gasteiger charge is 2.12. The number of ether oxygens (including phenoxy) is 3. The Morgan fingerprint density at radius 2 is 1.10 bits per heavy atom. The van der Waals surface area contributed by atoms with Gasteiger partial charge in [-0.3, -0.25) is 4.79 Å². The van der Waals surface area contributed by atoms with Crippen molar-refractivity contribution in [3.05, 3.63) is 107 Å². The summed E-state index contributed by atoms with van der Waals surface area (Å²) in [7, 11) is 1.61. The van der Waals surface area contributed by atoms with Crippen LogP contribution in [0, 0.1) is 0 Å². The second-order valence-corrected chi connectivity index (χ2v) is 8.91.